The lowest BCUT2D eigenvalue weighted by atomic mass is 10.1. The molecule has 4 rings (SSSR count). The molecule has 1 N–H and O–H groups in total. The molecule has 1 heterocycles. The molecule has 1 aromatic heterocycles. The standard InChI is InChI=1S/C23H20FN3O3/c1-28-18-12-13-19(20(14-18)29-2)25-21(15-8-10-17(24)11-9-15)23-27-26-22(30-23)16-6-4-3-5-7-16/h3-14,21,25H,1-2H3/t21-/m1/s1. The van der Waals surface area contributed by atoms with Gasteiger partial charge in [-0.2, -0.15) is 0 Å². The molecule has 0 unspecified atom stereocenters. The first-order valence-corrected chi connectivity index (χ1v) is 9.31. The summed E-state index contributed by atoms with van der Waals surface area (Å²) in [6.07, 6.45) is 0. The van der Waals surface area contributed by atoms with Crippen LogP contribution in [0.5, 0.6) is 11.5 Å². The van der Waals surface area contributed by atoms with E-state index in [1.54, 1.807) is 32.4 Å². The van der Waals surface area contributed by atoms with Gasteiger partial charge in [-0.15, -0.1) is 10.2 Å². The maximum Gasteiger partial charge on any atom is 0.247 e. The molecular formula is C23H20FN3O3. The molecule has 0 bridgehead atoms. The molecule has 1 atom stereocenters. The van der Waals surface area contributed by atoms with Gasteiger partial charge in [0.1, 0.15) is 23.4 Å². The Bertz CT molecular complexity index is 1110. The molecule has 7 heteroatoms. The van der Waals surface area contributed by atoms with E-state index in [2.05, 4.69) is 15.5 Å². The Labute approximate surface area is 173 Å². The summed E-state index contributed by atoms with van der Waals surface area (Å²) in [6, 6.07) is 20.5. The fraction of sp³-hybridized carbons (Fsp3) is 0.130. The number of rotatable bonds is 7. The van der Waals surface area contributed by atoms with Crippen molar-refractivity contribution in [3.63, 3.8) is 0 Å². The Morgan fingerprint density at radius 3 is 2.37 bits per heavy atom. The molecule has 0 fully saturated rings. The number of hydrogen-bond acceptors (Lipinski definition) is 6. The minimum Gasteiger partial charge on any atom is -0.497 e. The lowest BCUT2D eigenvalue weighted by Crippen LogP contribution is -2.13. The molecule has 152 valence electrons. The lowest BCUT2D eigenvalue weighted by molar-refractivity contribution is 0.395. The lowest BCUT2D eigenvalue weighted by Gasteiger charge is -2.19. The highest BCUT2D eigenvalue weighted by molar-refractivity contribution is 5.61. The van der Waals surface area contributed by atoms with Crippen molar-refractivity contribution in [2.24, 2.45) is 0 Å². The minimum atomic E-state index is -0.516. The van der Waals surface area contributed by atoms with Gasteiger partial charge in [-0.05, 0) is 42.0 Å². The molecule has 0 aliphatic rings. The van der Waals surface area contributed by atoms with Crippen LogP contribution in [0.15, 0.2) is 77.2 Å². The molecule has 0 saturated heterocycles. The normalized spacial score (nSPS) is 11.7. The Kier molecular flexibility index (Phi) is 5.61. The van der Waals surface area contributed by atoms with Crippen molar-refractivity contribution in [2.75, 3.05) is 19.5 Å². The largest absolute Gasteiger partial charge is 0.497 e. The molecule has 6 nitrogen and oxygen atoms in total. The second kappa shape index (κ2) is 8.65. The Morgan fingerprint density at radius 1 is 0.900 bits per heavy atom. The van der Waals surface area contributed by atoms with Gasteiger partial charge >= 0.3 is 0 Å². The predicted molar refractivity (Wildman–Crippen MR) is 111 cm³/mol. The second-order valence-corrected chi connectivity index (χ2v) is 6.51. The van der Waals surface area contributed by atoms with Gasteiger partial charge in [-0.3, -0.25) is 0 Å². The zero-order valence-electron chi connectivity index (χ0n) is 16.5. The van der Waals surface area contributed by atoms with Gasteiger partial charge in [0.05, 0.1) is 19.9 Å². The summed E-state index contributed by atoms with van der Waals surface area (Å²) in [5.74, 6) is 1.68. The van der Waals surface area contributed by atoms with Crippen molar-refractivity contribution in [2.45, 2.75) is 6.04 Å². The second-order valence-electron chi connectivity index (χ2n) is 6.51. The van der Waals surface area contributed by atoms with Crippen LogP contribution in [0.2, 0.25) is 0 Å². The number of nitrogens with zero attached hydrogens (tertiary/aromatic N) is 2. The summed E-state index contributed by atoms with van der Waals surface area (Å²) in [5, 5.41) is 11.8. The number of halogens is 1. The first-order chi connectivity index (χ1) is 14.7. The molecule has 4 aromatic rings. The minimum absolute atomic E-state index is 0.324. The van der Waals surface area contributed by atoms with Gasteiger partial charge in [0.2, 0.25) is 11.8 Å². The van der Waals surface area contributed by atoms with E-state index >= 15 is 0 Å². The number of methoxy groups -OCH3 is 2. The monoisotopic (exact) mass is 405 g/mol. The third-order valence-corrected chi connectivity index (χ3v) is 4.62. The number of benzene rings is 3. The highest BCUT2D eigenvalue weighted by atomic mass is 19.1. The highest BCUT2D eigenvalue weighted by Crippen LogP contribution is 2.34. The molecule has 0 radical (unpaired) electrons. The average Bonchev–Trinajstić information content (AvgIpc) is 3.29. The molecule has 30 heavy (non-hydrogen) atoms. The fourth-order valence-electron chi connectivity index (χ4n) is 3.06. The summed E-state index contributed by atoms with van der Waals surface area (Å²) >= 11 is 0. The smallest absolute Gasteiger partial charge is 0.247 e. The van der Waals surface area contributed by atoms with Crippen LogP contribution in [0.1, 0.15) is 17.5 Å². The van der Waals surface area contributed by atoms with E-state index in [0.29, 0.717) is 29.0 Å². The third kappa shape index (κ3) is 4.10. The fourth-order valence-corrected chi connectivity index (χ4v) is 3.06. The quantitative estimate of drug-likeness (QED) is 0.462. The summed E-state index contributed by atoms with van der Waals surface area (Å²) < 4.78 is 30.2. The van der Waals surface area contributed by atoms with Gasteiger partial charge in [-0.1, -0.05) is 30.3 Å². The van der Waals surface area contributed by atoms with Crippen LogP contribution in [-0.4, -0.2) is 24.4 Å². The van der Waals surface area contributed by atoms with E-state index in [4.69, 9.17) is 13.9 Å². The van der Waals surface area contributed by atoms with Gasteiger partial charge < -0.3 is 19.2 Å². The Balaban J connectivity index is 1.73. The zero-order chi connectivity index (χ0) is 20.9. The van der Waals surface area contributed by atoms with Crippen molar-refractivity contribution in [3.8, 4) is 23.0 Å². The maximum atomic E-state index is 13.5. The van der Waals surface area contributed by atoms with Crippen LogP contribution in [0, 0.1) is 5.82 Å². The van der Waals surface area contributed by atoms with Crippen molar-refractivity contribution in [1.82, 2.24) is 10.2 Å². The topological polar surface area (TPSA) is 69.4 Å². The van der Waals surface area contributed by atoms with Crippen molar-refractivity contribution < 1.29 is 18.3 Å². The molecule has 0 saturated carbocycles. The first-order valence-electron chi connectivity index (χ1n) is 9.31. The van der Waals surface area contributed by atoms with Gasteiger partial charge in [0.25, 0.3) is 0 Å². The molecule has 0 amide bonds. The van der Waals surface area contributed by atoms with Crippen LogP contribution in [0.3, 0.4) is 0 Å². The number of ether oxygens (including phenoxy) is 2. The zero-order valence-corrected chi connectivity index (χ0v) is 16.5. The van der Waals surface area contributed by atoms with Gasteiger partial charge in [0, 0.05) is 11.6 Å². The first kappa shape index (κ1) is 19.4. The highest BCUT2D eigenvalue weighted by Gasteiger charge is 2.23. The number of hydrogen-bond donors (Lipinski definition) is 1. The number of aromatic nitrogens is 2. The summed E-state index contributed by atoms with van der Waals surface area (Å²) in [4.78, 5) is 0. The van der Waals surface area contributed by atoms with Gasteiger partial charge in [-0.25, -0.2) is 4.39 Å². The Morgan fingerprint density at radius 2 is 1.67 bits per heavy atom. The summed E-state index contributed by atoms with van der Waals surface area (Å²) in [6.45, 7) is 0. The van der Waals surface area contributed by atoms with E-state index in [-0.39, 0.29) is 5.82 Å². The average molecular weight is 405 g/mol. The van der Waals surface area contributed by atoms with Crippen LogP contribution >= 0.6 is 0 Å². The van der Waals surface area contributed by atoms with E-state index in [9.17, 15) is 4.39 Å². The van der Waals surface area contributed by atoms with E-state index in [1.807, 2.05) is 42.5 Å². The predicted octanol–water partition coefficient (Wildman–Crippen LogP) is 5.09. The molecule has 3 aromatic carbocycles. The summed E-state index contributed by atoms with van der Waals surface area (Å²) in [5.41, 5.74) is 2.28. The van der Waals surface area contributed by atoms with Crippen molar-refractivity contribution in [1.29, 1.82) is 0 Å². The molecular weight excluding hydrogens is 385 g/mol. The van der Waals surface area contributed by atoms with Gasteiger partial charge in [0.15, 0.2) is 0 Å². The molecule has 0 aliphatic heterocycles. The third-order valence-electron chi connectivity index (χ3n) is 4.62. The number of nitrogens with one attached hydrogen (secondary N) is 1. The van der Waals surface area contributed by atoms with Crippen LogP contribution in [-0.2, 0) is 0 Å². The SMILES string of the molecule is COc1ccc(N[C@H](c2ccc(F)cc2)c2nnc(-c3ccccc3)o2)c(OC)c1. The Hall–Kier alpha value is -3.87. The van der Waals surface area contributed by atoms with E-state index in [0.717, 1.165) is 11.1 Å². The van der Waals surface area contributed by atoms with Crippen LogP contribution < -0.4 is 14.8 Å². The van der Waals surface area contributed by atoms with Crippen LogP contribution in [0.25, 0.3) is 11.5 Å². The van der Waals surface area contributed by atoms with E-state index in [1.165, 1.54) is 12.1 Å². The molecule has 0 spiro atoms. The van der Waals surface area contributed by atoms with Crippen molar-refractivity contribution >= 4 is 5.69 Å². The van der Waals surface area contributed by atoms with Crippen LogP contribution in [0.4, 0.5) is 10.1 Å². The summed E-state index contributed by atoms with van der Waals surface area (Å²) in [7, 11) is 3.17. The molecule has 0 aliphatic carbocycles. The van der Waals surface area contributed by atoms with E-state index < -0.39 is 6.04 Å². The van der Waals surface area contributed by atoms with Crippen molar-refractivity contribution in [3.05, 3.63) is 90.1 Å². The number of anilines is 1. The maximum absolute atomic E-state index is 13.5.